The monoisotopic (exact) mass is 211 g/mol. The summed E-state index contributed by atoms with van der Waals surface area (Å²) in [7, 11) is 0. The number of nitrogens with two attached hydrogens (primary N) is 1. The fraction of sp³-hybridized carbons (Fsp3) is 0.417. The van der Waals surface area contributed by atoms with Gasteiger partial charge in [0.05, 0.1) is 6.54 Å². The predicted octanol–water partition coefficient (Wildman–Crippen LogP) is 2.30. The van der Waals surface area contributed by atoms with E-state index in [9.17, 15) is 4.79 Å². The van der Waals surface area contributed by atoms with Crippen molar-refractivity contribution < 1.29 is 9.90 Å². The van der Waals surface area contributed by atoms with Crippen LogP contribution in [0.2, 0.25) is 0 Å². The van der Waals surface area contributed by atoms with Gasteiger partial charge >= 0.3 is 5.97 Å². The molecule has 86 valence electrons. The van der Waals surface area contributed by atoms with Crippen LogP contribution in [0.15, 0.2) is 30.3 Å². The Balaban J connectivity index is 0. The van der Waals surface area contributed by atoms with Gasteiger partial charge < -0.3 is 10.8 Å². The third kappa shape index (κ3) is 12.6. The van der Waals surface area contributed by atoms with Gasteiger partial charge in [-0.15, -0.1) is 0 Å². The Hall–Kier alpha value is -1.35. The van der Waals surface area contributed by atoms with Gasteiger partial charge in [-0.25, -0.2) is 0 Å². The third-order valence-electron chi connectivity index (χ3n) is 1.43. The Morgan fingerprint density at radius 2 is 1.67 bits per heavy atom. The molecule has 0 amide bonds. The van der Waals surface area contributed by atoms with Gasteiger partial charge in [0.25, 0.3) is 0 Å². The highest BCUT2D eigenvalue weighted by Crippen LogP contribution is 1.96. The summed E-state index contributed by atoms with van der Waals surface area (Å²) < 4.78 is 0. The molecule has 1 aromatic carbocycles. The lowest BCUT2D eigenvalue weighted by Gasteiger charge is -1.89. The van der Waals surface area contributed by atoms with Crippen molar-refractivity contribution in [3.8, 4) is 0 Å². The van der Waals surface area contributed by atoms with Crippen molar-refractivity contribution in [2.75, 3.05) is 6.54 Å². The number of aliphatic carboxylic acids is 1. The van der Waals surface area contributed by atoms with E-state index in [2.05, 4.69) is 36.9 Å². The molecule has 15 heavy (non-hydrogen) atoms. The summed E-state index contributed by atoms with van der Waals surface area (Å²) in [4.78, 5) is 9.24. The summed E-state index contributed by atoms with van der Waals surface area (Å²) >= 11 is 0. The SMILES string of the molecule is CC.CCc1ccccc1.NCC(=O)O. The van der Waals surface area contributed by atoms with Gasteiger partial charge in [0, 0.05) is 0 Å². The Kier molecular flexibility index (Phi) is 13.6. The zero-order chi connectivity index (χ0) is 12.1. The van der Waals surface area contributed by atoms with Crippen LogP contribution < -0.4 is 5.73 Å². The molecule has 0 aliphatic heterocycles. The first-order valence-electron chi connectivity index (χ1n) is 5.16. The van der Waals surface area contributed by atoms with Gasteiger partial charge in [-0.1, -0.05) is 51.1 Å². The number of carbonyl (C=O) groups is 1. The predicted molar refractivity (Wildman–Crippen MR) is 63.9 cm³/mol. The first-order valence-corrected chi connectivity index (χ1v) is 5.16. The first kappa shape index (κ1) is 16.1. The van der Waals surface area contributed by atoms with Crippen LogP contribution in [0.1, 0.15) is 26.3 Å². The van der Waals surface area contributed by atoms with Crippen molar-refractivity contribution in [2.45, 2.75) is 27.2 Å². The number of hydrogen-bond donors (Lipinski definition) is 2. The van der Waals surface area contributed by atoms with Crippen molar-refractivity contribution in [3.63, 3.8) is 0 Å². The van der Waals surface area contributed by atoms with E-state index in [-0.39, 0.29) is 6.54 Å². The molecular formula is C12H21NO2. The second-order valence-corrected chi connectivity index (χ2v) is 2.44. The standard InChI is InChI=1S/C8H10.C2H5NO2.C2H6/c1-2-8-6-4-3-5-7-8;3-1-2(4)5;1-2/h3-7H,2H2,1H3;1,3H2,(H,4,5);1-2H3. The van der Waals surface area contributed by atoms with Crippen molar-refractivity contribution in [2.24, 2.45) is 5.73 Å². The number of rotatable bonds is 2. The maximum Gasteiger partial charge on any atom is 0.317 e. The number of hydrogen-bond acceptors (Lipinski definition) is 2. The smallest absolute Gasteiger partial charge is 0.317 e. The second kappa shape index (κ2) is 12.7. The maximum atomic E-state index is 9.24. The van der Waals surface area contributed by atoms with Crippen LogP contribution in [-0.2, 0) is 11.2 Å². The highest BCUT2D eigenvalue weighted by atomic mass is 16.4. The van der Waals surface area contributed by atoms with Gasteiger partial charge in [-0.3, -0.25) is 4.79 Å². The highest BCUT2D eigenvalue weighted by Gasteiger charge is 1.81. The van der Waals surface area contributed by atoms with Crippen LogP contribution in [-0.4, -0.2) is 17.6 Å². The van der Waals surface area contributed by atoms with E-state index in [1.54, 1.807) is 0 Å². The zero-order valence-electron chi connectivity index (χ0n) is 9.73. The van der Waals surface area contributed by atoms with E-state index in [0.29, 0.717) is 0 Å². The number of benzene rings is 1. The van der Waals surface area contributed by atoms with Gasteiger partial charge in [0.1, 0.15) is 0 Å². The molecule has 0 radical (unpaired) electrons. The summed E-state index contributed by atoms with van der Waals surface area (Å²) in [6.45, 7) is 5.88. The molecule has 3 heteroatoms. The number of carboxylic acids is 1. The molecule has 0 unspecified atom stereocenters. The third-order valence-corrected chi connectivity index (χ3v) is 1.43. The average molecular weight is 211 g/mol. The molecule has 0 saturated carbocycles. The molecule has 0 atom stereocenters. The lowest BCUT2D eigenvalue weighted by molar-refractivity contribution is -0.135. The normalized spacial score (nSPS) is 7.73. The summed E-state index contributed by atoms with van der Waals surface area (Å²) in [5.74, 6) is -0.968. The molecule has 0 spiro atoms. The molecule has 0 heterocycles. The fourth-order valence-corrected chi connectivity index (χ4v) is 0.714. The highest BCUT2D eigenvalue weighted by molar-refractivity contribution is 5.68. The van der Waals surface area contributed by atoms with Crippen LogP contribution in [0, 0.1) is 0 Å². The molecule has 0 aromatic heterocycles. The molecule has 1 rings (SSSR count). The van der Waals surface area contributed by atoms with Crippen LogP contribution in [0.3, 0.4) is 0 Å². The maximum absolute atomic E-state index is 9.24. The first-order chi connectivity index (χ1) is 7.20. The molecule has 0 bridgehead atoms. The second-order valence-electron chi connectivity index (χ2n) is 2.44. The Morgan fingerprint density at radius 1 is 1.27 bits per heavy atom. The zero-order valence-corrected chi connectivity index (χ0v) is 9.73. The topological polar surface area (TPSA) is 63.3 Å². The van der Waals surface area contributed by atoms with E-state index in [1.165, 1.54) is 5.56 Å². The minimum atomic E-state index is -0.968. The van der Waals surface area contributed by atoms with Crippen molar-refractivity contribution in [1.29, 1.82) is 0 Å². The van der Waals surface area contributed by atoms with Crippen molar-refractivity contribution in [1.82, 2.24) is 0 Å². The molecule has 3 N–H and O–H groups in total. The minimum absolute atomic E-state index is 0.278. The Bertz CT molecular complexity index is 235. The van der Waals surface area contributed by atoms with Crippen molar-refractivity contribution in [3.05, 3.63) is 35.9 Å². The van der Waals surface area contributed by atoms with Gasteiger partial charge in [0.15, 0.2) is 0 Å². The molecule has 1 aromatic rings. The Morgan fingerprint density at radius 3 is 1.87 bits per heavy atom. The van der Waals surface area contributed by atoms with Crippen LogP contribution in [0.25, 0.3) is 0 Å². The quantitative estimate of drug-likeness (QED) is 0.789. The molecule has 3 nitrogen and oxygen atoms in total. The summed E-state index contributed by atoms with van der Waals surface area (Å²) in [6, 6.07) is 10.5. The summed E-state index contributed by atoms with van der Waals surface area (Å²) in [5.41, 5.74) is 5.98. The van der Waals surface area contributed by atoms with Gasteiger partial charge in [-0.05, 0) is 12.0 Å². The number of carboxylic acid groups (broad SMARTS) is 1. The van der Waals surface area contributed by atoms with Crippen LogP contribution in [0.5, 0.6) is 0 Å². The van der Waals surface area contributed by atoms with E-state index < -0.39 is 5.97 Å². The van der Waals surface area contributed by atoms with Crippen LogP contribution >= 0.6 is 0 Å². The van der Waals surface area contributed by atoms with Crippen LogP contribution in [0.4, 0.5) is 0 Å². The van der Waals surface area contributed by atoms with Crippen molar-refractivity contribution >= 4 is 5.97 Å². The Labute approximate surface area is 91.9 Å². The minimum Gasteiger partial charge on any atom is -0.480 e. The van der Waals surface area contributed by atoms with Gasteiger partial charge in [0.2, 0.25) is 0 Å². The largest absolute Gasteiger partial charge is 0.480 e. The van der Waals surface area contributed by atoms with E-state index in [1.807, 2.05) is 19.9 Å². The molecule has 0 saturated heterocycles. The van der Waals surface area contributed by atoms with E-state index >= 15 is 0 Å². The molecule has 0 fully saturated rings. The number of aryl methyl sites for hydroxylation is 1. The van der Waals surface area contributed by atoms with E-state index in [4.69, 9.17) is 5.11 Å². The lowest BCUT2D eigenvalue weighted by atomic mass is 10.2. The fourth-order valence-electron chi connectivity index (χ4n) is 0.714. The molecule has 0 aliphatic rings. The van der Waals surface area contributed by atoms with Gasteiger partial charge in [-0.2, -0.15) is 0 Å². The van der Waals surface area contributed by atoms with E-state index in [0.717, 1.165) is 6.42 Å². The molecule has 0 aliphatic carbocycles. The lowest BCUT2D eigenvalue weighted by Crippen LogP contribution is -2.10. The molecular weight excluding hydrogens is 190 g/mol. The average Bonchev–Trinajstić information content (AvgIpc) is 2.33. The summed E-state index contributed by atoms with van der Waals surface area (Å²) in [5, 5.41) is 7.60. The summed E-state index contributed by atoms with van der Waals surface area (Å²) in [6.07, 6.45) is 1.14.